The molecule has 1 fully saturated rings. The van der Waals surface area contributed by atoms with Crippen molar-refractivity contribution >= 4 is 11.6 Å². The standard InChI is InChI=1S/C21H26N2O/c24-21-19-15-9-8-14-18(19)20(16-10-4-3-5-11-16)22-23(21)17-12-6-1-2-7-13-17/h3-5,8-11,17-19H,1-2,6-7,12-15H2/t18-,19+/m1/s1. The number of hydrogen-bond donors (Lipinski definition) is 0. The van der Waals surface area contributed by atoms with E-state index in [1.54, 1.807) is 0 Å². The first kappa shape index (κ1) is 15.6. The molecule has 1 aromatic rings. The van der Waals surface area contributed by atoms with E-state index in [-0.39, 0.29) is 17.7 Å². The van der Waals surface area contributed by atoms with Gasteiger partial charge in [0.1, 0.15) is 0 Å². The second-order valence-electron chi connectivity index (χ2n) is 7.34. The van der Waals surface area contributed by atoms with E-state index in [0.717, 1.165) is 31.4 Å². The van der Waals surface area contributed by atoms with Crippen LogP contribution in [0.15, 0.2) is 47.6 Å². The van der Waals surface area contributed by atoms with Crippen molar-refractivity contribution in [3.8, 4) is 0 Å². The molecule has 0 N–H and O–H groups in total. The van der Waals surface area contributed by atoms with E-state index >= 15 is 0 Å². The Labute approximate surface area is 144 Å². The number of carbonyl (C=O) groups is 1. The van der Waals surface area contributed by atoms with Crippen molar-refractivity contribution in [2.24, 2.45) is 16.9 Å². The molecule has 4 rings (SSSR count). The Hall–Kier alpha value is -1.90. The van der Waals surface area contributed by atoms with Crippen molar-refractivity contribution in [2.75, 3.05) is 0 Å². The Balaban J connectivity index is 1.72. The number of nitrogens with zero attached hydrogens (tertiary/aromatic N) is 2. The van der Waals surface area contributed by atoms with Gasteiger partial charge in [0.15, 0.2) is 0 Å². The minimum atomic E-state index is 0.0750. The molecule has 0 aromatic heterocycles. The lowest BCUT2D eigenvalue weighted by atomic mass is 9.76. The second-order valence-corrected chi connectivity index (χ2v) is 7.34. The molecule has 2 atom stereocenters. The van der Waals surface area contributed by atoms with Gasteiger partial charge in [0, 0.05) is 5.92 Å². The molecule has 24 heavy (non-hydrogen) atoms. The number of allylic oxidation sites excluding steroid dienone is 2. The first-order chi connectivity index (χ1) is 11.8. The van der Waals surface area contributed by atoms with Crippen LogP contribution in [-0.4, -0.2) is 22.7 Å². The highest BCUT2D eigenvalue weighted by Crippen LogP contribution is 2.36. The van der Waals surface area contributed by atoms with Gasteiger partial charge < -0.3 is 0 Å². The third-order valence-electron chi connectivity index (χ3n) is 5.78. The van der Waals surface area contributed by atoms with Crippen molar-refractivity contribution in [3.05, 3.63) is 48.0 Å². The average molecular weight is 322 g/mol. The first-order valence-corrected chi connectivity index (χ1v) is 9.46. The number of carbonyl (C=O) groups excluding carboxylic acids is 1. The molecule has 3 nitrogen and oxygen atoms in total. The van der Waals surface area contributed by atoms with E-state index in [2.05, 4.69) is 36.4 Å². The van der Waals surface area contributed by atoms with Gasteiger partial charge in [-0.2, -0.15) is 5.10 Å². The van der Waals surface area contributed by atoms with Gasteiger partial charge in [-0.3, -0.25) is 4.79 Å². The summed E-state index contributed by atoms with van der Waals surface area (Å²) in [6.45, 7) is 0. The molecule has 1 aromatic carbocycles. The van der Waals surface area contributed by atoms with Crippen molar-refractivity contribution in [2.45, 2.75) is 57.4 Å². The lowest BCUT2D eigenvalue weighted by Gasteiger charge is -2.40. The highest BCUT2D eigenvalue weighted by Gasteiger charge is 2.42. The highest BCUT2D eigenvalue weighted by molar-refractivity contribution is 6.06. The molecule has 0 spiro atoms. The summed E-state index contributed by atoms with van der Waals surface area (Å²) in [6.07, 6.45) is 13.4. The smallest absolute Gasteiger partial charge is 0.247 e. The predicted molar refractivity (Wildman–Crippen MR) is 96.7 cm³/mol. The fraction of sp³-hybridized carbons (Fsp3) is 0.524. The Kier molecular flexibility index (Phi) is 4.50. The van der Waals surface area contributed by atoms with E-state index in [4.69, 9.17) is 5.10 Å². The summed E-state index contributed by atoms with van der Waals surface area (Å²) in [6, 6.07) is 10.7. The Morgan fingerprint density at radius 1 is 0.875 bits per heavy atom. The predicted octanol–water partition coefficient (Wildman–Crippen LogP) is 4.54. The summed E-state index contributed by atoms with van der Waals surface area (Å²) >= 11 is 0. The van der Waals surface area contributed by atoms with Crippen LogP contribution >= 0.6 is 0 Å². The monoisotopic (exact) mass is 322 g/mol. The van der Waals surface area contributed by atoms with Gasteiger partial charge in [-0.05, 0) is 31.2 Å². The van der Waals surface area contributed by atoms with Crippen LogP contribution < -0.4 is 0 Å². The molecular weight excluding hydrogens is 296 g/mol. The molecule has 1 aliphatic heterocycles. The van der Waals surface area contributed by atoms with Crippen molar-refractivity contribution < 1.29 is 4.79 Å². The van der Waals surface area contributed by atoms with Crippen LogP contribution in [0.5, 0.6) is 0 Å². The maximum absolute atomic E-state index is 13.1. The molecule has 0 bridgehead atoms. The van der Waals surface area contributed by atoms with E-state index in [1.807, 2.05) is 11.1 Å². The van der Waals surface area contributed by atoms with Crippen LogP contribution in [-0.2, 0) is 4.79 Å². The molecule has 0 unspecified atom stereocenters. The number of benzene rings is 1. The zero-order valence-corrected chi connectivity index (χ0v) is 14.2. The quantitative estimate of drug-likeness (QED) is 0.581. The molecular formula is C21H26N2O. The second kappa shape index (κ2) is 6.92. The lowest BCUT2D eigenvalue weighted by Crippen LogP contribution is -2.49. The van der Waals surface area contributed by atoms with E-state index in [1.165, 1.54) is 31.2 Å². The molecule has 1 amide bonds. The van der Waals surface area contributed by atoms with Gasteiger partial charge >= 0.3 is 0 Å². The van der Waals surface area contributed by atoms with Crippen molar-refractivity contribution in [1.29, 1.82) is 0 Å². The van der Waals surface area contributed by atoms with E-state index in [9.17, 15) is 4.79 Å². The number of hydrazone groups is 1. The fourth-order valence-corrected chi connectivity index (χ4v) is 4.44. The van der Waals surface area contributed by atoms with Crippen molar-refractivity contribution in [1.82, 2.24) is 5.01 Å². The number of rotatable bonds is 2. The highest BCUT2D eigenvalue weighted by atomic mass is 16.2. The van der Waals surface area contributed by atoms with Crippen LogP contribution in [0.1, 0.15) is 56.9 Å². The summed E-state index contributed by atoms with van der Waals surface area (Å²) in [4.78, 5) is 13.1. The normalized spacial score (nSPS) is 28.2. The minimum absolute atomic E-state index is 0.0750. The van der Waals surface area contributed by atoms with Crippen LogP contribution in [0.2, 0.25) is 0 Å². The third-order valence-corrected chi connectivity index (χ3v) is 5.78. The maximum atomic E-state index is 13.1. The maximum Gasteiger partial charge on any atom is 0.247 e. The summed E-state index contributed by atoms with van der Waals surface area (Å²) in [5.74, 6) is 0.578. The van der Waals surface area contributed by atoms with Gasteiger partial charge in [-0.15, -0.1) is 0 Å². The summed E-state index contributed by atoms with van der Waals surface area (Å²) in [5, 5.41) is 6.83. The van der Waals surface area contributed by atoms with Crippen LogP contribution in [0.25, 0.3) is 0 Å². The van der Waals surface area contributed by atoms with E-state index in [0.29, 0.717) is 6.04 Å². The summed E-state index contributed by atoms with van der Waals surface area (Å²) < 4.78 is 0. The SMILES string of the molecule is O=C1[C@H]2CC=CC[C@H]2C(c2ccccc2)=NN1C1CCCCCC1. The topological polar surface area (TPSA) is 32.7 Å². The largest absolute Gasteiger partial charge is 0.273 e. The van der Waals surface area contributed by atoms with Gasteiger partial charge in [0.05, 0.1) is 17.7 Å². The molecule has 0 saturated heterocycles. The summed E-state index contributed by atoms with van der Waals surface area (Å²) in [7, 11) is 0. The molecule has 0 radical (unpaired) electrons. The van der Waals surface area contributed by atoms with Gasteiger partial charge in [-0.25, -0.2) is 5.01 Å². The summed E-state index contributed by atoms with van der Waals surface area (Å²) in [5.41, 5.74) is 2.29. The van der Waals surface area contributed by atoms with Gasteiger partial charge in [0.2, 0.25) is 5.91 Å². The number of hydrogen-bond acceptors (Lipinski definition) is 2. The Morgan fingerprint density at radius 3 is 2.25 bits per heavy atom. The minimum Gasteiger partial charge on any atom is -0.273 e. The van der Waals surface area contributed by atoms with Gasteiger partial charge in [-0.1, -0.05) is 68.2 Å². The zero-order chi connectivity index (χ0) is 16.4. The van der Waals surface area contributed by atoms with Gasteiger partial charge in [0.25, 0.3) is 0 Å². The van der Waals surface area contributed by atoms with Crippen LogP contribution in [0, 0.1) is 11.8 Å². The zero-order valence-electron chi connectivity index (χ0n) is 14.2. The first-order valence-electron chi connectivity index (χ1n) is 9.46. The molecule has 2 aliphatic carbocycles. The molecule has 1 heterocycles. The van der Waals surface area contributed by atoms with Crippen LogP contribution in [0.4, 0.5) is 0 Å². The van der Waals surface area contributed by atoms with Crippen LogP contribution in [0.3, 0.4) is 0 Å². The fourth-order valence-electron chi connectivity index (χ4n) is 4.44. The number of fused-ring (bicyclic) bond motifs is 1. The van der Waals surface area contributed by atoms with Crippen molar-refractivity contribution in [3.63, 3.8) is 0 Å². The molecule has 3 heteroatoms. The third kappa shape index (κ3) is 2.92. The average Bonchev–Trinajstić information content (AvgIpc) is 2.92. The number of amides is 1. The molecule has 3 aliphatic rings. The van der Waals surface area contributed by atoms with E-state index < -0.39 is 0 Å². The molecule has 126 valence electrons. The Morgan fingerprint density at radius 2 is 1.54 bits per heavy atom. The Bertz CT molecular complexity index is 641. The lowest BCUT2D eigenvalue weighted by molar-refractivity contribution is -0.140. The molecule has 1 saturated carbocycles.